The van der Waals surface area contributed by atoms with Crippen LogP contribution in [0.5, 0.6) is 46.0 Å². The Labute approximate surface area is 680 Å². The fourth-order valence-electron chi connectivity index (χ4n) is 12.2. The molecule has 0 radical (unpaired) electrons. The third kappa shape index (κ3) is 31.1. The highest BCUT2D eigenvalue weighted by atomic mass is 16.6. The van der Waals surface area contributed by atoms with Crippen LogP contribution in [-0.4, -0.2) is 219 Å². The summed E-state index contributed by atoms with van der Waals surface area (Å²) in [6.45, 7) is 24.4. The van der Waals surface area contributed by atoms with Crippen molar-refractivity contribution in [3.8, 4) is 46.0 Å². The molecule has 9 N–H and O–H groups in total. The van der Waals surface area contributed by atoms with E-state index in [1.165, 1.54) is 24.3 Å². The molecule has 12 heterocycles. The van der Waals surface area contributed by atoms with Crippen LogP contribution >= 0.6 is 0 Å². The highest BCUT2D eigenvalue weighted by molar-refractivity contribution is 6.06. The molecular formula is C86H131N11O18. The Bertz CT molecular complexity index is 3640. The lowest BCUT2D eigenvalue weighted by Crippen LogP contribution is -2.49. The van der Waals surface area contributed by atoms with Gasteiger partial charge >= 0.3 is 6.09 Å². The van der Waals surface area contributed by atoms with Crippen molar-refractivity contribution in [2.75, 3.05) is 144 Å². The van der Waals surface area contributed by atoms with Gasteiger partial charge in [-0.15, -0.1) is 0 Å². The average molecular weight is 1610 g/mol. The van der Waals surface area contributed by atoms with Gasteiger partial charge in [0, 0.05) is 97.7 Å². The van der Waals surface area contributed by atoms with Gasteiger partial charge < -0.3 is 90.5 Å². The second-order valence-electron chi connectivity index (χ2n) is 29.6. The Kier molecular flexibility index (Phi) is 42.5. The second-order valence-corrected chi connectivity index (χ2v) is 29.6. The van der Waals surface area contributed by atoms with Crippen molar-refractivity contribution in [3.63, 3.8) is 0 Å². The first-order chi connectivity index (χ1) is 55.7. The molecule has 115 heavy (non-hydrogen) atoms. The van der Waals surface area contributed by atoms with E-state index in [0.717, 1.165) is 51.4 Å². The third-order valence-corrected chi connectivity index (χ3v) is 18.8. The summed E-state index contributed by atoms with van der Waals surface area (Å²) in [5.41, 5.74) is 0.238. The molecule has 0 saturated heterocycles. The van der Waals surface area contributed by atoms with Gasteiger partial charge in [-0.1, -0.05) is 107 Å². The molecule has 12 aliphatic rings. The van der Waals surface area contributed by atoms with Gasteiger partial charge in [0.05, 0.1) is 97.4 Å². The Hall–Kier alpha value is -9.77. The molecule has 8 bridgehead atoms. The SMILES string of the molecule is CCCCOc1c(C(=O)NCCCNC(=O)OC(C)(C)C)ccc(C(=O)NCC[C@H]2CN3CCNC(=O)c4ccc(c(OCCCC)c4OCCCC)C(=O)NCCN(CCNC(=O)c4ccc(c(OCCCC)c4OCCCC)C(=O)NCC3)CCNC(=O)c3ccc(c(OCCCC)c3OCCCC)C(=O)N2)c1OCCCC. The van der Waals surface area contributed by atoms with Crippen molar-refractivity contribution in [2.45, 2.75) is 203 Å². The monoisotopic (exact) mass is 1610 g/mol. The summed E-state index contributed by atoms with van der Waals surface area (Å²) in [4.78, 5) is 135. The van der Waals surface area contributed by atoms with Crippen LogP contribution in [0, 0.1) is 0 Å². The van der Waals surface area contributed by atoms with Crippen LogP contribution in [0.25, 0.3) is 0 Å². The number of nitrogens with zero attached hydrogens (tertiary/aromatic N) is 2. The fourth-order valence-corrected chi connectivity index (χ4v) is 12.2. The molecule has 0 aromatic heterocycles. The summed E-state index contributed by atoms with van der Waals surface area (Å²) < 4.78 is 57.1. The first-order valence-electron chi connectivity index (χ1n) is 42.1. The lowest BCUT2D eigenvalue weighted by molar-refractivity contribution is 0.0526. The van der Waals surface area contributed by atoms with Crippen molar-refractivity contribution in [3.05, 3.63) is 93.0 Å². The quantitative estimate of drug-likeness (QED) is 0.0186. The Morgan fingerprint density at radius 2 is 0.609 bits per heavy atom. The second kappa shape index (κ2) is 51.9. The van der Waals surface area contributed by atoms with E-state index >= 15 is 9.59 Å². The van der Waals surface area contributed by atoms with E-state index in [1.54, 1.807) is 45.0 Å². The van der Waals surface area contributed by atoms with Crippen molar-refractivity contribution in [1.82, 2.24) is 57.7 Å². The van der Waals surface area contributed by atoms with Gasteiger partial charge in [-0.2, -0.15) is 0 Å². The summed E-state index contributed by atoms with van der Waals surface area (Å²) >= 11 is 0. The number of hydrogen-bond donors (Lipinski definition) is 9. The van der Waals surface area contributed by atoms with Crippen LogP contribution in [0.4, 0.5) is 4.79 Å². The highest BCUT2D eigenvalue weighted by Crippen LogP contribution is 2.41. The summed E-state index contributed by atoms with van der Waals surface area (Å²) in [6, 6.07) is 11.4. The molecule has 0 spiro atoms. The zero-order chi connectivity index (χ0) is 83.3. The molecule has 12 aliphatic heterocycles. The van der Waals surface area contributed by atoms with E-state index in [1.807, 2.05) is 65.2 Å². The molecule has 16 rings (SSSR count). The topological polar surface area (TPSA) is 351 Å². The van der Waals surface area contributed by atoms with Crippen LogP contribution < -0.4 is 85.7 Å². The van der Waals surface area contributed by atoms with E-state index in [9.17, 15) is 33.6 Å². The van der Waals surface area contributed by atoms with E-state index in [0.29, 0.717) is 57.8 Å². The minimum absolute atomic E-state index is 0.0130. The molecule has 638 valence electrons. The lowest BCUT2D eigenvalue weighted by atomic mass is 10.0. The largest absolute Gasteiger partial charge is 0.489 e. The third-order valence-electron chi connectivity index (χ3n) is 18.8. The predicted molar refractivity (Wildman–Crippen MR) is 443 cm³/mol. The van der Waals surface area contributed by atoms with Gasteiger partial charge in [0.2, 0.25) is 0 Å². The van der Waals surface area contributed by atoms with Gasteiger partial charge in [0.15, 0.2) is 46.0 Å². The summed E-state index contributed by atoms with van der Waals surface area (Å²) in [6.07, 6.45) is 10.9. The van der Waals surface area contributed by atoms with Crippen LogP contribution in [-0.2, 0) is 4.74 Å². The normalized spacial score (nSPS) is 16.1. The molecule has 0 unspecified atom stereocenters. The molecule has 0 saturated carbocycles. The fraction of sp³-hybridized carbons (Fsp3) is 0.616. The molecule has 4 aromatic carbocycles. The summed E-state index contributed by atoms with van der Waals surface area (Å²) in [5, 5.41) is 27.4. The number of benzene rings is 4. The summed E-state index contributed by atoms with van der Waals surface area (Å²) in [7, 11) is 0. The van der Waals surface area contributed by atoms with Crippen molar-refractivity contribution < 1.29 is 85.8 Å². The lowest BCUT2D eigenvalue weighted by Gasteiger charge is -2.29. The Morgan fingerprint density at radius 1 is 0.348 bits per heavy atom. The Morgan fingerprint density at radius 3 is 0.896 bits per heavy atom. The molecule has 29 nitrogen and oxygen atoms in total. The maximum Gasteiger partial charge on any atom is 0.407 e. The number of amides is 9. The number of carbonyl (C=O) groups excluding carboxylic acids is 9. The van der Waals surface area contributed by atoms with Gasteiger partial charge in [0.1, 0.15) is 5.60 Å². The molecular weight excluding hydrogens is 1480 g/mol. The van der Waals surface area contributed by atoms with Crippen LogP contribution in [0.2, 0.25) is 0 Å². The van der Waals surface area contributed by atoms with Gasteiger partial charge in [-0.3, -0.25) is 48.2 Å². The molecule has 29 heteroatoms. The molecule has 4 aromatic rings. The standard InChI is InChI=1S/C86H131N11O18/c1-12-20-51-107-69-61(77(98)87-38-28-39-94-85(106)115-86(9,10)11)29-30-62(70(69)108-52-21-13-2)78(99)88-40-37-60-59-97-49-44-92-82(103)65-33-31-63(71(109-53-22-14-3)73(65)111-55-24-16-5)79(100)89-41-46-96(48-43-91-81(102)67-35-36-68(84(105)95-60)76(114-58-27-19-8)75(67)113-57-26-18-7)47-42-90-80(101)64-32-34-66(83(104)93-45-50-97)74(112-56-25-17-6)72(64)110-54-23-15-4/h29-36,60H,12-28,37-59H2,1-11H3,(H,87,98)(H,88,99)(H,89,100)(H,90,101)(H,91,102)(H,92,103)(H,93,104)(H,94,106)(H,95,105)/t60-/m0/s1. The molecule has 0 fully saturated rings. The Balaban J connectivity index is 1.54. The zero-order valence-electron chi connectivity index (χ0n) is 70.2. The van der Waals surface area contributed by atoms with Crippen molar-refractivity contribution in [1.29, 1.82) is 0 Å². The predicted octanol–water partition coefficient (Wildman–Crippen LogP) is 11.4. The smallest absolute Gasteiger partial charge is 0.407 e. The average Bonchev–Trinajstić information content (AvgIpc) is 0.814. The van der Waals surface area contributed by atoms with Crippen molar-refractivity contribution >= 4 is 53.4 Å². The van der Waals surface area contributed by atoms with Crippen LogP contribution in [0.1, 0.15) is 275 Å². The van der Waals surface area contributed by atoms with Crippen LogP contribution in [0.15, 0.2) is 48.5 Å². The first kappa shape index (κ1) is 94.1. The zero-order valence-corrected chi connectivity index (χ0v) is 70.2. The van der Waals surface area contributed by atoms with E-state index < -0.39 is 65.0 Å². The van der Waals surface area contributed by atoms with Gasteiger partial charge in [0.25, 0.3) is 47.3 Å². The van der Waals surface area contributed by atoms with Gasteiger partial charge in [-0.05, 0) is 134 Å². The maximum absolute atomic E-state index is 15.7. The summed E-state index contributed by atoms with van der Waals surface area (Å²) in [5.74, 6) is -3.52. The van der Waals surface area contributed by atoms with E-state index in [-0.39, 0.29) is 241 Å². The number of nitrogens with one attached hydrogen (secondary N) is 9. The first-order valence-corrected chi connectivity index (χ1v) is 42.1. The number of unbranched alkanes of at least 4 members (excludes halogenated alkanes) is 8. The minimum atomic E-state index is -0.867. The highest BCUT2D eigenvalue weighted by Gasteiger charge is 2.32. The van der Waals surface area contributed by atoms with Crippen LogP contribution in [0.3, 0.4) is 0 Å². The van der Waals surface area contributed by atoms with Gasteiger partial charge in [-0.25, -0.2) is 4.79 Å². The number of hydrogen-bond acceptors (Lipinski definition) is 20. The number of rotatable bonds is 41. The number of carbonyl (C=O) groups is 9. The van der Waals surface area contributed by atoms with Crippen molar-refractivity contribution in [2.24, 2.45) is 0 Å². The van der Waals surface area contributed by atoms with E-state index in [2.05, 4.69) is 47.9 Å². The molecule has 0 aliphatic carbocycles. The number of alkyl carbamates (subject to hydrolysis) is 1. The minimum Gasteiger partial charge on any atom is -0.489 e. The van der Waals surface area contributed by atoms with E-state index in [4.69, 9.17) is 42.6 Å². The number of ether oxygens (including phenoxy) is 9. The molecule has 1 atom stereocenters. The molecule has 9 amide bonds. The maximum atomic E-state index is 15.7.